The number of piperazine rings is 1. The minimum absolute atomic E-state index is 0.0147. The molecule has 12 heteroatoms. The third-order valence-corrected chi connectivity index (χ3v) is 7.39. The van der Waals surface area contributed by atoms with Crippen molar-refractivity contribution in [1.29, 1.82) is 0 Å². The smallest absolute Gasteiger partial charge is 0.399 e. The van der Waals surface area contributed by atoms with E-state index in [4.69, 9.17) is 11.2 Å². The van der Waals surface area contributed by atoms with Gasteiger partial charge in [-0.2, -0.15) is 23.1 Å². The molecule has 0 radical (unpaired) electrons. The summed E-state index contributed by atoms with van der Waals surface area (Å²) >= 11 is 0. The van der Waals surface area contributed by atoms with Crippen molar-refractivity contribution >= 4 is 27.5 Å². The van der Waals surface area contributed by atoms with Gasteiger partial charge in [0, 0.05) is 36.1 Å². The highest BCUT2D eigenvalue weighted by Gasteiger charge is 2.35. The molecule has 2 saturated heterocycles. The number of nitrogens with zero attached hydrogens (tertiary/aromatic N) is 4. The molecule has 2 fully saturated rings. The van der Waals surface area contributed by atoms with E-state index < -0.39 is 29.9 Å². The van der Waals surface area contributed by atoms with Crippen molar-refractivity contribution in [1.82, 2.24) is 20.3 Å². The number of phenols is 1. The van der Waals surface area contributed by atoms with Crippen molar-refractivity contribution in [2.45, 2.75) is 37.5 Å². The van der Waals surface area contributed by atoms with Gasteiger partial charge in [-0.15, -0.1) is 6.42 Å². The number of pyridine rings is 1. The standard InChI is InChI=1S/C30H22F5N5O2/c1-3-19-21(31)9-6-15-11-18(41)12-20(23(15)19)26-25(32)27-24(22(37-26)5-4-10-30(33,34)35)28(39-29(38-27)42-2)40-13-16-7-8-17(14-40)36-16/h1,6,9,11-12,16-17,36,41H,7-8,10,13-14H2,2H3. The number of benzene rings is 2. The minimum atomic E-state index is -4.58. The summed E-state index contributed by atoms with van der Waals surface area (Å²) in [5.41, 5.74) is -1.25. The molecule has 2 aliphatic heterocycles. The molecular weight excluding hydrogens is 557 g/mol. The molecule has 2 atom stereocenters. The van der Waals surface area contributed by atoms with Crippen LogP contribution < -0.4 is 15.0 Å². The van der Waals surface area contributed by atoms with Gasteiger partial charge >= 0.3 is 12.2 Å². The van der Waals surface area contributed by atoms with E-state index in [1.807, 2.05) is 4.90 Å². The number of hydrogen-bond donors (Lipinski definition) is 2. The van der Waals surface area contributed by atoms with Gasteiger partial charge in [-0.1, -0.05) is 17.9 Å². The molecule has 4 heterocycles. The fraction of sp³-hybridized carbons (Fsp3) is 0.300. The molecule has 4 aromatic rings. The zero-order chi connectivity index (χ0) is 29.8. The first-order valence-corrected chi connectivity index (χ1v) is 13.0. The van der Waals surface area contributed by atoms with E-state index in [1.54, 1.807) is 0 Å². The molecule has 42 heavy (non-hydrogen) atoms. The van der Waals surface area contributed by atoms with Crippen LogP contribution in [0.1, 0.15) is 30.5 Å². The van der Waals surface area contributed by atoms with E-state index in [2.05, 4.69) is 38.0 Å². The lowest BCUT2D eigenvalue weighted by molar-refractivity contribution is -0.123. The molecule has 2 aliphatic rings. The Kier molecular flexibility index (Phi) is 6.74. The van der Waals surface area contributed by atoms with Crippen LogP contribution in [0.25, 0.3) is 32.9 Å². The van der Waals surface area contributed by atoms with Crippen LogP contribution in [0.4, 0.5) is 27.8 Å². The Hall–Kier alpha value is -4.68. The molecule has 214 valence electrons. The van der Waals surface area contributed by atoms with Crippen molar-refractivity contribution in [2.75, 3.05) is 25.1 Å². The number of rotatable bonds is 3. The van der Waals surface area contributed by atoms with Crippen LogP contribution in [0.2, 0.25) is 0 Å². The summed E-state index contributed by atoms with van der Waals surface area (Å²) in [5.74, 6) is 4.96. The van der Waals surface area contributed by atoms with Crippen LogP contribution in [-0.2, 0) is 0 Å². The van der Waals surface area contributed by atoms with Crippen molar-refractivity contribution < 1.29 is 31.8 Å². The number of aromatic hydroxyl groups is 1. The minimum Gasteiger partial charge on any atom is -0.508 e. The van der Waals surface area contributed by atoms with Gasteiger partial charge < -0.3 is 20.1 Å². The molecule has 2 N–H and O–H groups in total. The van der Waals surface area contributed by atoms with Crippen molar-refractivity contribution in [3.8, 4) is 47.2 Å². The van der Waals surface area contributed by atoms with Crippen LogP contribution in [0, 0.1) is 35.8 Å². The number of ether oxygens (including phenoxy) is 1. The van der Waals surface area contributed by atoms with Crippen LogP contribution in [0.15, 0.2) is 24.3 Å². The third-order valence-electron chi connectivity index (χ3n) is 7.39. The highest BCUT2D eigenvalue weighted by Crippen LogP contribution is 2.40. The van der Waals surface area contributed by atoms with E-state index in [0.29, 0.717) is 18.5 Å². The van der Waals surface area contributed by atoms with Gasteiger partial charge in [0.05, 0.1) is 18.1 Å². The zero-order valence-corrected chi connectivity index (χ0v) is 22.1. The maximum Gasteiger partial charge on any atom is 0.399 e. The topological polar surface area (TPSA) is 83.4 Å². The van der Waals surface area contributed by atoms with Gasteiger partial charge in [-0.25, -0.2) is 13.8 Å². The fourth-order valence-electron chi connectivity index (χ4n) is 5.67. The fourth-order valence-corrected chi connectivity index (χ4v) is 5.67. The zero-order valence-electron chi connectivity index (χ0n) is 22.1. The number of alkyl halides is 3. The van der Waals surface area contributed by atoms with Gasteiger partial charge in [0.1, 0.15) is 40.7 Å². The number of terminal acetylenes is 1. The maximum atomic E-state index is 16.6. The summed E-state index contributed by atoms with van der Waals surface area (Å²) < 4.78 is 75.8. The van der Waals surface area contributed by atoms with Crippen LogP contribution >= 0.6 is 0 Å². The van der Waals surface area contributed by atoms with Gasteiger partial charge in [-0.05, 0) is 42.3 Å². The molecule has 0 saturated carbocycles. The monoisotopic (exact) mass is 579 g/mol. The lowest BCUT2D eigenvalue weighted by atomic mass is 9.95. The highest BCUT2D eigenvalue weighted by atomic mass is 19.4. The molecule has 2 aromatic carbocycles. The van der Waals surface area contributed by atoms with E-state index in [9.17, 15) is 22.7 Å². The number of nitrogens with one attached hydrogen (secondary N) is 1. The summed E-state index contributed by atoms with van der Waals surface area (Å²) in [6.07, 6.45) is 1.43. The molecule has 0 spiro atoms. The maximum absolute atomic E-state index is 16.6. The first-order valence-electron chi connectivity index (χ1n) is 13.0. The Morgan fingerprint density at radius 1 is 1.10 bits per heavy atom. The van der Waals surface area contributed by atoms with Crippen LogP contribution in [-0.4, -0.2) is 58.5 Å². The Bertz CT molecular complexity index is 1850. The Balaban J connectivity index is 1.69. The number of fused-ring (bicyclic) bond motifs is 4. The Labute approximate surface area is 236 Å². The molecule has 0 amide bonds. The number of aromatic nitrogens is 3. The predicted octanol–water partition coefficient (Wildman–Crippen LogP) is 5.06. The summed E-state index contributed by atoms with van der Waals surface area (Å²) in [7, 11) is 1.31. The number of methoxy groups -OCH3 is 1. The molecule has 6 rings (SSSR count). The van der Waals surface area contributed by atoms with Crippen LogP contribution in [0.5, 0.6) is 11.8 Å². The summed E-state index contributed by atoms with van der Waals surface area (Å²) in [6.45, 7) is 1.01. The second-order valence-corrected chi connectivity index (χ2v) is 10.2. The molecule has 0 aliphatic carbocycles. The average Bonchev–Trinajstić information content (AvgIpc) is 3.29. The van der Waals surface area contributed by atoms with Crippen molar-refractivity contribution in [3.05, 3.63) is 47.2 Å². The summed E-state index contributed by atoms with van der Waals surface area (Å²) in [5, 5.41) is 14.3. The Morgan fingerprint density at radius 3 is 2.50 bits per heavy atom. The summed E-state index contributed by atoms with van der Waals surface area (Å²) in [4.78, 5) is 14.9. The molecule has 7 nitrogen and oxygen atoms in total. The molecule has 2 unspecified atom stereocenters. The van der Waals surface area contributed by atoms with Crippen molar-refractivity contribution in [3.63, 3.8) is 0 Å². The van der Waals surface area contributed by atoms with Gasteiger partial charge in [-0.3, -0.25) is 0 Å². The van der Waals surface area contributed by atoms with Gasteiger partial charge in [0.2, 0.25) is 0 Å². The van der Waals surface area contributed by atoms with Gasteiger partial charge in [0.25, 0.3) is 0 Å². The lowest BCUT2D eigenvalue weighted by Crippen LogP contribution is -2.51. The van der Waals surface area contributed by atoms with Crippen molar-refractivity contribution in [2.24, 2.45) is 0 Å². The predicted molar refractivity (Wildman–Crippen MR) is 146 cm³/mol. The normalized spacial score (nSPS) is 18.2. The average molecular weight is 580 g/mol. The second-order valence-electron chi connectivity index (χ2n) is 10.2. The largest absolute Gasteiger partial charge is 0.508 e. The lowest BCUT2D eigenvalue weighted by Gasteiger charge is -2.34. The van der Waals surface area contributed by atoms with E-state index in [1.165, 1.54) is 19.2 Å². The van der Waals surface area contributed by atoms with E-state index >= 15 is 4.39 Å². The summed E-state index contributed by atoms with van der Waals surface area (Å²) in [6, 6.07) is 5.07. The SMILES string of the molecule is C#Cc1c(F)ccc2cc(O)cc(-c3nc(C#CCC(F)(F)F)c4c(N5CC6CCC(C5)N6)nc(OC)nc4c3F)c12. The van der Waals surface area contributed by atoms with Gasteiger partial charge in [0.15, 0.2) is 5.82 Å². The molecular formula is C30H22F5N5O2. The highest BCUT2D eigenvalue weighted by molar-refractivity contribution is 6.04. The number of hydrogen-bond acceptors (Lipinski definition) is 7. The molecule has 2 bridgehead atoms. The third kappa shape index (κ3) is 4.88. The first-order chi connectivity index (χ1) is 20.1. The Morgan fingerprint density at radius 2 is 1.83 bits per heavy atom. The van der Waals surface area contributed by atoms with E-state index in [0.717, 1.165) is 25.0 Å². The number of anilines is 1. The quantitative estimate of drug-likeness (QED) is 0.259. The first kappa shape index (κ1) is 27.5. The van der Waals surface area contributed by atoms with E-state index in [-0.39, 0.29) is 62.8 Å². The van der Waals surface area contributed by atoms with Crippen LogP contribution in [0.3, 0.4) is 0 Å². The second kappa shape index (κ2) is 10.3. The number of phenolic OH excluding ortho intramolecular Hbond substituents is 1. The number of halogens is 5. The molecule has 2 aromatic heterocycles.